The zero-order valence-electron chi connectivity index (χ0n) is 25.5. The molecular weight excluding hydrogens is 580 g/mol. The van der Waals surface area contributed by atoms with Crippen LogP contribution in [-0.2, 0) is 33.7 Å². The Morgan fingerprint density at radius 1 is 1.11 bits per heavy atom. The van der Waals surface area contributed by atoms with Crippen LogP contribution in [0.5, 0.6) is 11.5 Å². The van der Waals surface area contributed by atoms with Gasteiger partial charge in [0, 0.05) is 25.7 Å². The van der Waals surface area contributed by atoms with Gasteiger partial charge >= 0.3 is 12.2 Å². The number of ether oxygens (including phenoxy) is 4. The van der Waals surface area contributed by atoms with Gasteiger partial charge in [-0.3, -0.25) is 14.6 Å². The highest BCUT2D eigenvalue weighted by Gasteiger charge is 2.35. The molecule has 2 atom stereocenters. The van der Waals surface area contributed by atoms with Crippen molar-refractivity contribution in [2.75, 3.05) is 55.6 Å². The molecule has 1 saturated heterocycles. The lowest BCUT2D eigenvalue weighted by molar-refractivity contribution is -0.121. The predicted molar refractivity (Wildman–Crippen MR) is 165 cm³/mol. The quantitative estimate of drug-likeness (QED) is 0.347. The van der Waals surface area contributed by atoms with E-state index in [0.717, 1.165) is 29.9 Å². The van der Waals surface area contributed by atoms with Gasteiger partial charge < -0.3 is 29.6 Å². The first-order chi connectivity index (χ1) is 21.8. The molecule has 2 aliphatic heterocycles. The smallest absolute Gasteiger partial charge is 0.415 e. The zero-order chi connectivity index (χ0) is 31.5. The van der Waals surface area contributed by atoms with Gasteiger partial charge in [0.25, 0.3) is 5.91 Å². The standard InChI is InChI=1S/C32H36N6O7/c1-19-25-13-21(12-22(25)14-27(33-2)35-19)15-34-31(40)43-11-10-24-17-37(32(41)45-24)28-9-8-26-30(36-28)38(29(39)18-44-26)16-20-4-6-23(42-3)7-5-20/h4-9,14,21,24H,10-13,15-18H2,1-3H3,(H,33,35)(H,34,40). The minimum atomic E-state index is -0.561. The molecule has 0 saturated carbocycles. The normalized spacial score (nSPS) is 18.6. The maximum absolute atomic E-state index is 12.8. The number of aromatic nitrogens is 2. The van der Waals surface area contributed by atoms with Gasteiger partial charge in [0.15, 0.2) is 18.2 Å². The fourth-order valence-corrected chi connectivity index (χ4v) is 5.88. The Morgan fingerprint density at radius 3 is 2.71 bits per heavy atom. The lowest BCUT2D eigenvalue weighted by Crippen LogP contribution is -2.39. The monoisotopic (exact) mass is 616 g/mol. The van der Waals surface area contributed by atoms with Gasteiger partial charge in [-0.1, -0.05) is 12.1 Å². The summed E-state index contributed by atoms with van der Waals surface area (Å²) in [5, 5.41) is 5.95. The number of cyclic esters (lactones) is 1. The van der Waals surface area contributed by atoms with E-state index in [1.54, 1.807) is 19.2 Å². The van der Waals surface area contributed by atoms with Crippen LogP contribution >= 0.6 is 0 Å². The third-order valence-corrected chi connectivity index (χ3v) is 8.27. The summed E-state index contributed by atoms with van der Waals surface area (Å²) in [4.78, 5) is 50.1. The summed E-state index contributed by atoms with van der Waals surface area (Å²) < 4.78 is 21.7. The molecule has 2 unspecified atom stereocenters. The van der Waals surface area contributed by atoms with Gasteiger partial charge in [0.05, 0.1) is 26.8 Å². The van der Waals surface area contributed by atoms with E-state index >= 15 is 0 Å². The van der Waals surface area contributed by atoms with Crippen LogP contribution < -0.4 is 29.9 Å². The number of benzene rings is 1. The third kappa shape index (κ3) is 6.56. The fraction of sp³-hybridized carbons (Fsp3) is 0.406. The van der Waals surface area contributed by atoms with E-state index < -0.39 is 18.3 Å². The Kier molecular flexibility index (Phi) is 8.58. The molecule has 1 aliphatic carbocycles. The van der Waals surface area contributed by atoms with Crippen LogP contribution in [0, 0.1) is 12.8 Å². The second-order valence-electron chi connectivity index (χ2n) is 11.3. The molecule has 0 spiro atoms. The number of hydrogen-bond donors (Lipinski definition) is 2. The first-order valence-corrected chi connectivity index (χ1v) is 14.9. The molecule has 2 aromatic heterocycles. The van der Waals surface area contributed by atoms with Crippen LogP contribution in [0.3, 0.4) is 0 Å². The summed E-state index contributed by atoms with van der Waals surface area (Å²) >= 11 is 0. The van der Waals surface area contributed by atoms with Gasteiger partial charge in [-0.25, -0.2) is 19.6 Å². The molecule has 3 aliphatic rings. The number of pyridine rings is 2. The summed E-state index contributed by atoms with van der Waals surface area (Å²) in [5.41, 5.74) is 4.41. The number of carbonyl (C=O) groups is 3. The molecule has 1 aromatic carbocycles. The van der Waals surface area contributed by atoms with Crippen molar-refractivity contribution in [3.8, 4) is 11.5 Å². The maximum atomic E-state index is 12.8. The van der Waals surface area contributed by atoms with E-state index in [9.17, 15) is 14.4 Å². The van der Waals surface area contributed by atoms with E-state index in [0.29, 0.717) is 36.1 Å². The highest BCUT2D eigenvalue weighted by atomic mass is 16.6. The number of methoxy groups -OCH3 is 1. The number of fused-ring (bicyclic) bond motifs is 2. The number of carbonyl (C=O) groups excluding carboxylic acids is 3. The van der Waals surface area contributed by atoms with Crippen LogP contribution in [-0.4, -0.2) is 74.6 Å². The zero-order valence-corrected chi connectivity index (χ0v) is 25.5. The van der Waals surface area contributed by atoms with Crippen LogP contribution in [0.25, 0.3) is 0 Å². The Morgan fingerprint density at radius 2 is 1.93 bits per heavy atom. The van der Waals surface area contributed by atoms with Crippen LogP contribution in [0.4, 0.5) is 27.0 Å². The molecule has 3 aromatic rings. The van der Waals surface area contributed by atoms with Crippen molar-refractivity contribution in [2.24, 2.45) is 5.92 Å². The van der Waals surface area contributed by atoms with Gasteiger partial charge in [-0.15, -0.1) is 0 Å². The van der Waals surface area contributed by atoms with E-state index in [4.69, 9.17) is 18.9 Å². The van der Waals surface area contributed by atoms with Gasteiger partial charge in [0.2, 0.25) is 0 Å². The number of aryl methyl sites for hydroxylation is 1. The predicted octanol–water partition coefficient (Wildman–Crippen LogP) is 3.62. The van der Waals surface area contributed by atoms with Crippen molar-refractivity contribution < 1.29 is 33.3 Å². The van der Waals surface area contributed by atoms with Crippen molar-refractivity contribution >= 4 is 35.5 Å². The van der Waals surface area contributed by atoms with Crippen LogP contribution in [0.15, 0.2) is 42.5 Å². The summed E-state index contributed by atoms with van der Waals surface area (Å²) in [7, 11) is 3.45. The maximum Gasteiger partial charge on any atom is 0.415 e. The number of nitrogens with zero attached hydrogens (tertiary/aromatic N) is 4. The largest absolute Gasteiger partial charge is 0.497 e. The topological polar surface area (TPSA) is 144 Å². The average molecular weight is 617 g/mol. The van der Waals surface area contributed by atoms with Gasteiger partial charge in [0.1, 0.15) is 23.5 Å². The number of rotatable bonds is 10. The second kappa shape index (κ2) is 12.9. The highest BCUT2D eigenvalue weighted by molar-refractivity contribution is 5.97. The van der Waals surface area contributed by atoms with Gasteiger partial charge in [-0.05, 0) is 72.7 Å². The van der Waals surface area contributed by atoms with E-state index in [-0.39, 0.29) is 38.1 Å². The SMILES string of the molecule is CNc1cc2c(c(C)n1)CC(CNC(=O)OCCC1CN(c3ccc4c(n3)N(Cc3ccc(OC)cc3)C(=O)CO4)C(=O)O1)C2. The molecule has 45 heavy (non-hydrogen) atoms. The van der Waals surface area contributed by atoms with Crippen molar-refractivity contribution in [1.82, 2.24) is 15.3 Å². The van der Waals surface area contributed by atoms with E-state index in [1.165, 1.54) is 20.9 Å². The molecule has 0 bridgehead atoms. The molecule has 13 nitrogen and oxygen atoms in total. The van der Waals surface area contributed by atoms with E-state index in [1.807, 2.05) is 38.2 Å². The molecular formula is C32H36N6O7. The first-order valence-electron chi connectivity index (χ1n) is 14.9. The van der Waals surface area contributed by atoms with E-state index in [2.05, 4.69) is 26.7 Å². The Balaban J connectivity index is 0.997. The Hall–Kier alpha value is -5.07. The molecule has 6 rings (SSSR count). The average Bonchev–Trinajstić information content (AvgIpc) is 3.64. The second-order valence-corrected chi connectivity index (χ2v) is 11.3. The lowest BCUT2D eigenvalue weighted by atomic mass is 10.1. The fourth-order valence-electron chi connectivity index (χ4n) is 5.88. The first kappa shape index (κ1) is 30.0. The van der Waals surface area contributed by atoms with Crippen molar-refractivity contribution in [1.29, 1.82) is 0 Å². The molecule has 236 valence electrons. The Bertz CT molecular complexity index is 1600. The van der Waals surface area contributed by atoms with Crippen molar-refractivity contribution in [2.45, 2.75) is 38.8 Å². The molecule has 0 radical (unpaired) electrons. The summed E-state index contributed by atoms with van der Waals surface area (Å²) in [6, 6.07) is 12.8. The third-order valence-electron chi connectivity index (χ3n) is 8.27. The lowest BCUT2D eigenvalue weighted by Gasteiger charge is -2.29. The molecule has 4 heterocycles. The number of hydrogen-bond acceptors (Lipinski definition) is 10. The summed E-state index contributed by atoms with van der Waals surface area (Å²) in [6.07, 6.45) is 0.515. The summed E-state index contributed by atoms with van der Waals surface area (Å²) in [5.74, 6) is 2.72. The minimum Gasteiger partial charge on any atom is -0.497 e. The Labute approximate surface area is 260 Å². The highest BCUT2D eigenvalue weighted by Crippen LogP contribution is 2.35. The molecule has 2 N–H and O–H groups in total. The molecule has 13 heteroatoms. The number of alkyl carbamates (subject to hydrolysis) is 1. The van der Waals surface area contributed by atoms with Gasteiger partial charge in [-0.2, -0.15) is 0 Å². The minimum absolute atomic E-state index is 0.0899. The number of anilines is 3. The van der Waals surface area contributed by atoms with Crippen molar-refractivity contribution in [3.05, 3.63) is 64.8 Å². The number of amides is 3. The van der Waals surface area contributed by atoms with Crippen molar-refractivity contribution in [3.63, 3.8) is 0 Å². The van der Waals surface area contributed by atoms with Crippen LogP contribution in [0.2, 0.25) is 0 Å². The number of nitrogens with one attached hydrogen (secondary N) is 2. The summed E-state index contributed by atoms with van der Waals surface area (Å²) in [6.45, 7) is 3.01. The molecule has 1 fully saturated rings. The van der Waals surface area contributed by atoms with Crippen LogP contribution in [0.1, 0.15) is 28.8 Å². The molecule has 3 amide bonds.